The molecular formula is C13H19N3OS. The van der Waals surface area contributed by atoms with Crippen LogP contribution in [0.15, 0.2) is 30.3 Å². The Morgan fingerprint density at radius 1 is 1.33 bits per heavy atom. The summed E-state index contributed by atoms with van der Waals surface area (Å²) in [4.78, 5) is 11.3. The standard InChI is InChI=1S/C13H19N3OS/c1-9(2)8-11(12(14)17)16-13(18)15-10-6-4-3-5-7-10/h3-7,9,11H,8H2,1-2H3,(H2,14,17)(H2,15,16,18)/t11-/m1/s1. The van der Waals surface area contributed by atoms with E-state index in [1.807, 2.05) is 44.2 Å². The van der Waals surface area contributed by atoms with Crippen LogP contribution in [0.2, 0.25) is 0 Å². The summed E-state index contributed by atoms with van der Waals surface area (Å²) in [6.07, 6.45) is 0.659. The number of nitrogens with two attached hydrogens (primary N) is 1. The number of carbonyl (C=O) groups is 1. The summed E-state index contributed by atoms with van der Waals surface area (Å²) in [5, 5.41) is 6.36. The topological polar surface area (TPSA) is 67.2 Å². The van der Waals surface area contributed by atoms with Crippen molar-refractivity contribution in [3.8, 4) is 0 Å². The maximum atomic E-state index is 11.3. The monoisotopic (exact) mass is 265 g/mol. The third kappa shape index (κ3) is 5.14. The van der Waals surface area contributed by atoms with Gasteiger partial charge in [-0.05, 0) is 36.7 Å². The number of primary amides is 1. The molecule has 0 unspecified atom stereocenters. The molecule has 0 saturated heterocycles. The van der Waals surface area contributed by atoms with Crippen molar-refractivity contribution in [2.24, 2.45) is 11.7 Å². The molecule has 98 valence electrons. The molecule has 0 fully saturated rings. The van der Waals surface area contributed by atoms with Gasteiger partial charge in [-0.25, -0.2) is 0 Å². The molecule has 0 saturated carbocycles. The van der Waals surface area contributed by atoms with Crippen LogP contribution in [0.5, 0.6) is 0 Å². The molecule has 0 bridgehead atoms. The van der Waals surface area contributed by atoms with Crippen molar-refractivity contribution in [3.63, 3.8) is 0 Å². The molecule has 0 radical (unpaired) electrons. The second-order valence-corrected chi connectivity index (χ2v) is 4.96. The number of para-hydroxylation sites is 1. The van der Waals surface area contributed by atoms with Gasteiger partial charge < -0.3 is 16.4 Å². The minimum atomic E-state index is -0.436. The van der Waals surface area contributed by atoms with Crippen molar-refractivity contribution >= 4 is 28.9 Å². The molecule has 4 N–H and O–H groups in total. The van der Waals surface area contributed by atoms with Crippen molar-refractivity contribution in [2.75, 3.05) is 5.32 Å². The molecule has 0 spiro atoms. The SMILES string of the molecule is CC(C)C[C@@H](NC(=S)Nc1ccccc1)C(N)=O. The molecule has 0 aliphatic heterocycles. The average Bonchev–Trinajstić information content (AvgIpc) is 2.28. The lowest BCUT2D eigenvalue weighted by atomic mass is 10.0. The summed E-state index contributed by atoms with van der Waals surface area (Å²) in [5.41, 5.74) is 6.22. The van der Waals surface area contributed by atoms with Gasteiger partial charge in [-0.1, -0.05) is 32.0 Å². The van der Waals surface area contributed by atoms with Gasteiger partial charge in [-0.2, -0.15) is 0 Å². The first-order valence-corrected chi connectivity index (χ1v) is 6.31. The Morgan fingerprint density at radius 3 is 2.44 bits per heavy atom. The molecular weight excluding hydrogens is 246 g/mol. The highest BCUT2D eigenvalue weighted by Gasteiger charge is 2.17. The molecule has 1 rings (SSSR count). The fourth-order valence-electron chi connectivity index (χ4n) is 1.56. The quantitative estimate of drug-likeness (QED) is 0.711. The molecule has 4 nitrogen and oxygen atoms in total. The van der Waals surface area contributed by atoms with Crippen molar-refractivity contribution in [1.82, 2.24) is 5.32 Å². The largest absolute Gasteiger partial charge is 0.368 e. The fourth-order valence-corrected chi connectivity index (χ4v) is 1.82. The number of hydrogen-bond acceptors (Lipinski definition) is 2. The predicted molar refractivity (Wildman–Crippen MR) is 78.2 cm³/mol. The molecule has 5 heteroatoms. The van der Waals surface area contributed by atoms with E-state index in [2.05, 4.69) is 10.6 Å². The maximum Gasteiger partial charge on any atom is 0.239 e. The average molecular weight is 265 g/mol. The zero-order chi connectivity index (χ0) is 13.5. The van der Waals surface area contributed by atoms with Crippen LogP contribution in [0, 0.1) is 5.92 Å². The molecule has 1 amide bonds. The first kappa shape index (κ1) is 14.4. The smallest absolute Gasteiger partial charge is 0.239 e. The highest BCUT2D eigenvalue weighted by Crippen LogP contribution is 2.07. The zero-order valence-corrected chi connectivity index (χ0v) is 11.5. The Balaban J connectivity index is 2.54. The second-order valence-electron chi connectivity index (χ2n) is 4.55. The molecule has 0 aromatic heterocycles. The first-order valence-electron chi connectivity index (χ1n) is 5.91. The van der Waals surface area contributed by atoms with Gasteiger partial charge in [0.25, 0.3) is 0 Å². The van der Waals surface area contributed by atoms with E-state index in [9.17, 15) is 4.79 Å². The van der Waals surface area contributed by atoms with Crippen LogP contribution in [-0.4, -0.2) is 17.1 Å². The van der Waals surface area contributed by atoms with Crippen LogP contribution in [-0.2, 0) is 4.79 Å². The lowest BCUT2D eigenvalue weighted by Gasteiger charge is -2.19. The van der Waals surface area contributed by atoms with Gasteiger partial charge in [-0.15, -0.1) is 0 Å². The summed E-state index contributed by atoms with van der Waals surface area (Å²) in [5.74, 6) is -0.0181. The Kier molecular flexibility index (Phi) is 5.58. The lowest BCUT2D eigenvalue weighted by molar-refractivity contribution is -0.120. The highest BCUT2D eigenvalue weighted by atomic mass is 32.1. The van der Waals surface area contributed by atoms with Gasteiger partial charge in [0.2, 0.25) is 5.91 Å². The molecule has 18 heavy (non-hydrogen) atoms. The molecule has 0 aliphatic rings. The van der Waals surface area contributed by atoms with E-state index in [-0.39, 0.29) is 5.91 Å². The van der Waals surface area contributed by atoms with Crippen LogP contribution in [0.25, 0.3) is 0 Å². The van der Waals surface area contributed by atoms with E-state index in [0.717, 1.165) is 5.69 Å². The molecule has 1 aromatic carbocycles. The third-order valence-electron chi connectivity index (χ3n) is 2.39. The number of carbonyl (C=O) groups excluding carboxylic acids is 1. The number of hydrogen-bond donors (Lipinski definition) is 3. The van der Waals surface area contributed by atoms with Gasteiger partial charge in [0.15, 0.2) is 5.11 Å². The van der Waals surface area contributed by atoms with Crippen LogP contribution in [0.3, 0.4) is 0 Å². The maximum absolute atomic E-state index is 11.3. The van der Waals surface area contributed by atoms with Gasteiger partial charge in [-0.3, -0.25) is 4.79 Å². The van der Waals surface area contributed by atoms with Crippen molar-refractivity contribution < 1.29 is 4.79 Å². The van der Waals surface area contributed by atoms with Gasteiger partial charge >= 0.3 is 0 Å². The summed E-state index contributed by atoms with van der Waals surface area (Å²) >= 11 is 5.15. The van der Waals surface area contributed by atoms with Gasteiger partial charge in [0, 0.05) is 5.69 Å². The van der Waals surface area contributed by atoms with E-state index >= 15 is 0 Å². The highest BCUT2D eigenvalue weighted by molar-refractivity contribution is 7.80. The molecule has 0 aliphatic carbocycles. The third-order valence-corrected chi connectivity index (χ3v) is 2.61. The van der Waals surface area contributed by atoms with Crippen LogP contribution < -0.4 is 16.4 Å². The number of thiocarbonyl (C=S) groups is 1. The summed E-state index contributed by atoms with van der Waals surface area (Å²) in [6, 6.07) is 9.10. The van der Waals surface area contributed by atoms with Crippen LogP contribution >= 0.6 is 12.2 Å². The van der Waals surface area contributed by atoms with Crippen molar-refractivity contribution in [2.45, 2.75) is 26.3 Å². The molecule has 1 aromatic rings. The van der Waals surface area contributed by atoms with Gasteiger partial charge in [0.1, 0.15) is 6.04 Å². The van der Waals surface area contributed by atoms with E-state index in [1.165, 1.54) is 0 Å². The van der Waals surface area contributed by atoms with Gasteiger partial charge in [0.05, 0.1) is 0 Å². The Labute approximate surface area is 113 Å². The molecule has 0 heterocycles. The van der Waals surface area contributed by atoms with Crippen molar-refractivity contribution in [1.29, 1.82) is 0 Å². The number of rotatable bonds is 5. The van der Waals surface area contributed by atoms with Crippen molar-refractivity contribution in [3.05, 3.63) is 30.3 Å². The minimum Gasteiger partial charge on any atom is -0.368 e. The minimum absolute atomic E-state index is 0.370. The first-order chi connectivity index (χ1) is 8.49. The fraction of sp³-hybridized carbons (Fsp3) is 0.385. The summed E-state index contributed by atoms with van der Waals surface area (Å²) in [6.45, 7) is 4.07. The summed E-state index contributed by atoms with van der Waals surface area (Å²) in [7, 11) is 0. The number of benzene rings is 1. The Bertz CT molecular complexity index is 406. The number of anilines is 1. The Hall–Kier alpha value is -1.62. The normalized spacial score (nSPS) is 11.9. The second kappa shape index (κ2) is 6.96. The zero-order valence-electron chi connectivity index (χ0n) is 10.6. The lowest BCUT2D eigenvalue weighted by Crippen LogP contribution is -2.46. The summed E-state index contributed by atoms with van der Waals surface area (Å²) < 4.78 is 0. The van der Waals surface area contributed by atoms with E-state index < -0.39 is 6.04 Å². The van der Waals surface area contributed by atoms with Crippen LogP contribution in [0.1, 0.15) is 20.3 Å². The van der Waals surface area contributed by atoms with E-state index in [4.69, 9.17) is 18.0 Å². The van der Waals surface area contributed by atoms with Crippen LogP contribution in [0.4, 0.5) is 5.69 Å². The Morgan fingerprint density at radius 2 is 1.94 bits per heavy atom. The molecule has 1 atom stereocenters. The van der Waals surface area contributed by atoms with E-state index in [1.54, 1.807) is 0 Å². The number of amides is 1. The number of nitrogens with one attached hydrogen (secondary N) is 2. The van der Waals surface area contributed by atoms with E-state index in [0.29, 0.717) is 17.5 Å². The predicted octanol–water partition coefficient (Wildman–Crippen LogP) is 1.87.